The maximum atomic E-state index is 13.2. The summed E-state index contributed by atoms with van der Waals surface area (Å²) in [4.78, 5) is 23.7. The highest BCUT2D eigenvalue weighted by Gasteiger charge is 2.27. The van der Waals surface area contributed by atoms with Gasteiger partial charge in [-0.2, -0.15) is 0 Å². The first kappa shape index (κ1) is 26.4. The van der Waals surface area contributed by atoms with Gasteiger partial charge in [0.05, 0.1) is 11.3 Å². The number of piperidine rings is 1. The zero-order valence-electron chi connectivity index (χ0n) is 22.4. The second-order valence-electron chi connectivity index (χ2n) is 10.6. The van der Waals surface area contributed by atoms with Crippen LogP contribution in [0, 0.1) is 6.92 Å². The van der Waals surface area contributed by atoms with Crippen LogP contribution in [0.2, 0.25) is 0 Å². The number of fused-ring (bicyclic) bond motifs is 1. The maximum Gasteiger partial charge on any atom is 0.253 e. The monoisotopic (exact) mass is 529 g/mol. The first-order chi connectivity index (χ1) is 18.6. The quantitative estimate of drug-likeness (QED) is 0.255. The molecule has 3 aromatic rings. The third-order valence-corrected chi connectivity index (χ3v) is 8.34. The second kappa shape index (κ2) is 12.6. The average Bonchev–Trinajstić information content (AvgIpc) is 3.36. The third kappa shape index (κ3) is 6.44. The predicted molar refractivity (Wildman–Crippen MR) is 159 cm³/mol. The molecule has 5 rings (SSSR count). The summed E-state index contributed by atoms with van der Waals surface area (Å²) in [5, 5.41) is 8.68. The lowest BCUT2D eigenvalue weighted by Gasteiger charge is -2.34. The summed E-state index contributed by atoms with van der Waals surface area (Å²) < 4.78 is 0. The number of hydrogen-bond donors (Lipinski definition) is 3. The number of nitrogens with zero attached hydrogens (tertiary/aromatic N) is 2. The molecule has 2 aliphatic rings. The van der Waals surface area contributed by atoms with Crippen molar-refractivity contribution in [2.45, 2.75) is 64.2 Å². The molecule has 0 saturated carbocycles. The van der Waals surface area contributed by atoms with E-state index >= 15 is 0 Å². The fraction of sp³-hybridized carbons (Fsp3) is 0.452. The van der Waals surface area contributed by atoms with E-state index in [1.807, 2.05) is 37.4 Å². The molecule has 200 valence electrons. The number of allylic oxidation sites excluding steroid dienone is 1. The number of aryl methyl sites for hydroxylation is 1. The smallest absolute Gasteiger partial charge is 0.253 e. The summed E-state index contributed by atoms with van der Waals surface area (Å²) in [5.74, 6) is 0.222. The SMILES string of the molecule is Cc1ccc(C(=O)NCCc2c[nH]c3ccccc23)c(C2CCN(C(=S)NCCC3=CCCCC3)CC2)n1. The minimum absolute atomic E-state index is 0.0380. The number of hydrogen-bond acceptors (Lipinski definition) is 3. The van der Waals surface area contributed by atoms with Crippen molar-refractivity contribution in [2.24, 2.45) is 0 Å². The van der Waals surface area contributed by atoms with E-state index in [1.165, 1.54) is 36.6 Å². The number of pyridine rings is 1. The van der Waals surface area contributed by atoms with Crippen molar-refractivity contribution in [3.63, 3.8) is 0 Å². The van der Waals surface area contributed by atoms with Gasteiger partial charge in [0, 0.05) is 54.9 Å². The predicted octanol–water partition coefficient (Wildman–Crippen LogP) is 5.79. The van der Waals surface area contributed by atoms with E-state index in [1.54, 1.807) is 5.57 Å². The molecule has 6 nitrogen and oxygen atoms in total. The van der Waals surface area contributed by atoms with Gasteiger partial charge in [0.15, 0.2) is 5.11 Å². The largest absolute Gasteiger partial charge is 0.362 e. The Morgan fingerprint density at radius 3 is 2.71 bits per heavy atom. The van der Waals surface area contributed by atoms with Crippen LogP contribution in [0.1, 0.15) is 78.2 Å². The van der Waals surface area contributed by atoms with E-state index in [0.29, 0.717) is 12.1 Å². The van der Waals surface area contributed by atoms with E-state index < -0.39 is 0 Å². The topological polar surface area (TPSA) is 73.1 Å². The Bertz CT molecular complexity index is 1300. The van der Waals surface area contributed by atoms with Crippen LogP contribution in [0.3, 0.4) is 0 Å². The fourth-order valence-corrected chi connectivity index (χ4v) is 6.04. The number of H-pyrrole nitrogens is 1. The molecular formula is C31H39N5OS. The summed E-state index contributed by atoms with van der Waals surface area (Å²) in [6.45, 7) is 5.27. The number of benzene rings is 1. The number of amides is 1. The van der Waals surface area contributed by atoms with E-state index in [2.05, 4.69) is 38.7 Å². The molecule has 0 spiro atoms. The van der Waals surface area contributed by atoms with Gasteiger partial charge < -0.3 is 20.5 Å². The molecule has 3 N–H and O–H groups in total. The number of para-hydroxylation sites is 1. The number of likely N-dealkylation sites (tertiary alicyclic amines) is 1. The van der Waals surface area contributed by atoms with Crippen LogP contribution in [0.25, 0.3) is 10.9 Å². The highest BCUT2D eigenvalue weighted by atomic mass is 32.1. The zero-order valence-corrected chi connectivity index (χ0v) is 23.2. The van der Waals surface area contributed by atoms with Gasteiger partial charge in [-0.15, -0.1) is 0 Å². The Kier molecular flexibility index (Phi) is 8.74. The molecule has 2 aromatic heterocycles. The molecule has 1 aliphatic carbocycles. The molecule has 0 unspecified atom stereocenters. The van der Waals surface area contributed by atoms with Crippen LogP contribution in [-0.2, 0) is 6.42 Å². The summed E-state index contributed by atoms with van der Waals surface area (Å²) >= 11 is 5.71. The summed E-state index contributed by atoms with van der Waals surface area (Å²) in [7, 11) is 0. The number of rotatable bonds is 8. The molecule has 1 aromatic carbocycles. The zero-order chi connectivity index (χ0) is 26.3. The Morgan fingerprint density at radius 1 is 1.08 bits per heavy atom. The lowest BCUT2D eigenvalue weighted by Crippen LogP contribution is -2.44. The molecule has 1 saturated heterocycles. The van der Waals surface area contributed by atoms with Gasteiger partial charge in [-0.25, -0.2) is 0 Å². The van der Waals surface area contributed by atoms with E-state index in [-0.39, 0.29) is 11.8 Å². The summed E-state index contributed by atoms with van der Waals surface area (Å²) in [6, 6.07) is 12.1. The van der Waals surface area contributed by atoms with Crippen molar-refractivity contribution in [3.05, 3.63) is 76.8 Å². The standard InChI is InChI=1S/C31H39N5OS/c1-22-11-12-27(30(37)32-18-14-25-21-34-28-10-6-5-9-26(25)28)29(35-22)24-15-19-36(20-16-24)31(38)33-17-13-23-7-3-2-4-8-23/h5-7,9-12,21,24,34H,2-4,8,13-20H2,1H3,(H,32,37)(H,33,38). The van der Waals surface area contributed by atoms with Crippen LogP contribution < -0.4 is 10.6 Å². The van der Waals surface area contributed by atoms with E-state index in [0.717, 1.165) is 67.3 Å². The van der Waals surface area contributed by atoms with Gasteiger partial charge in [-0.3, -0.25) is 9.78 Å². The molecule has 1 fully saturated rings. The molecule has 1 amide bonds. The Hall–Kier alpha value is -3.19. The lowest BCUT2D eigenvalue weighted by molar-refractivity contribution is 0.0951. The molecule has 0 radical (unpaired) electrons. The fourth-order valence-electron chi connectivity index (χ4n) is 5.75. The van der Waals surface area contributed by atoms with Gasteiger partial charge in [-0.1, -0.05) is 29.8 Å². The van der Waals surface area contributed by atoms with Crippen LogP contribution in [0.4, 0.5) is 0 Å². The Morgan fingerprint density at radius 2 is 1.89 bits per heavy atom. The highest BCUT2D eigenvalue weighted by molar-refractivity contribution is 7.80. The van der Waals surface area contributed by atoms with Gasteiger partial charge in [-0.05, 0) is 94.3 Å². The summed E-state index contributed by atoms with van der Waals surface area (Å²) in [5.41, 5.74) is 6.50. The van der Waals surface area contributed by atoms with Crippen molar-refractivity contribution in [3.8, 4) is 0 Å². The summed E-state index contributed by atoms with van der Waals surface area (Å²) in [6.07, 6.45) is 13.3. The van der Waals surface area contributed by atoms with Crippen LogP contribution in [-0.4, -0.2) is 52.1 Å². The highest BCUT2D eigenvalue weighted by Crippen LogP contribution is 2.30. The van der Waals surface area contributed by atoms with Gasteiger partial charge >= 0.3 is 0 Å². The molecule has 1 aliphatic heterocycles. The number of aromatic amines is 1. The minimum Gasteiger partial charge on any atom is -0.362 e. The number of aromatic nitrogens is 2. The first-order valence-corrected chi connectivity index (χ1v) is 14.5. The van der Waals surface area contributed by atoms with Crippen LogP contribution >= 0.6 is 12.2 Å². The van der Waals surface area contributed by atoms with Gasteiger partial charge in [0.2, 0.25) is 0 Å². The lowest BCUT2D eigenvalue weighted by atomic mass is 9.90. The Balaban J connectivity index is 1.14. The van der Waals surface area contributed by atoms with Crippen LogP contribution in [0.15, 0.2) is 54.2 Å². The first-order valence-electron chi connectivity index (χ1n) is 14.1. The van der Waals surface area contributed by atoms with Crippen molar-refractivity contribution in [1.82, 2.24) is 25.5 Å². The van der Waals surface area contributed by atoms with E-state index in [4.69, 9.17) is 17.2 Å². The second-order valence-corrected chi connectivity index (χ2v) is 11.0. The molecule has 3 heterocycles. The maximum absolute atomic E-state index is 13.2. The third-order valence-electron chi connectivity index (χ3n) is 7.94. The normalized spacial score (nSPS) is 16.3. The van der Waals surface area contributed by atoms with Crippen molar-refractivity contribution < 1.29 is 4.79 Å². The van der Waals surface area contributed by atoms with Crippen molar-refractivity contribution >= 4 is 34.1 Å². The molecule has 0 atom stereocenters. The van der Waals surface area contributed by atoms with E-state index in [9.17, 15) is 4.79 Å². The van der Waals surface area contributed by atoms with Crippen molar-refractivity contribution in [2.75, 3.05) is 26.2 Å². The molecule has 7 heteroatoms. The Labute approximate surface area is 231 Å². The molecule has 38 heavy (non-hydrogen) atoms. The number of thiocarbonyl (C=S) groups is 1. The minimum atomic E-state index is -0.0380. The molecular weight excluding hydrogens is 490 g/mol. The number of carbonyl (C=O) groups is 1. The van der Waals surface area contributed by atoms with Crippen LogP contribution in [0.5, 0.6) is 0 Å². The molecule has 0 bridgehead atoms. The average molecular weight is 530 g/mol. The van der Waals surface area contributed by atoms with Crippen molar-refractivity contribution in [1.29, 1.82) is 0 Å². The number of carbonyl (C=O) groups excluding carboxylic acids is 1. The van der Waals surface area contributed by atoms with Gasteiger partial charge in [0.25, 0.3) is 5.91 Å². The number of nitrogens with one attached hydrogen (secondary N) is 3. The van der Waals surface area contributed by atoms with Gasteiger partial charge in [0.1, 0.15) is 0 Å².